The molecule has 2 N–H and O–H groups in total. The van der Waals surface area contributed by atoms with E-state index < -0.39 is 0 Å². The van der Waals surface area contributed by atoms with Gasteiger partial charge in [-0.2, -0.15) is 0 Å². The van der Waals surface area contributed by atoms with Gasteiger partial charge in [-0.15, -0.1) is 20.4 Å². The number of aromatic nitrogens is 4. The molecular formula is C9H11N5. The molecule has 1 atom stereocenters. The highest BCUT2D eigenvalue weighted by atomic mass is 15.3. The number of hydrogen-bond acceptors (Lipinski definition) is 5. The summed E-state index contributed by atoms with van der Waals surface area (Å²) in [5, 5.41) is 15.2. The first-order valence-electron chi connectivity index (χ1n) is 4.47. The molecule has 0 saturated heterocycles. The molecule has 1 aromatic heterocycles. The zero-order valence-corrected chi connectivity index (χ0v) is 7.67. The van der Waals surface area contributed by atoms with Crippen molar-refractivity contribution in [3.05, 3.63) is 36.0 Å². The van der Waals surface area contributed by atoms with Crippen LogP contribution < -0.4 is 5.73 Å². The fraction of sp³-hybridized carbons (Fsp3) is 0.333. The molecule has 0 spiro atoms. The van der Waals surface area contributed by atoms with Crippen molar-refractivity contribution in [2.24, 2.45) is 5.73 Å². The van der Waals surface area contributed by atoms with Crippen LogP contribution in [0.5, 0.6) is 0 Å². The van der Waals surface area contributed by atoms with Gasteiger partial charge in [-0.05, 0) is 12.0 Å². The Morgan fingerprint density at radius 2 is 2.14 bits per heavy atom. The standard InChI is InChI=1S/C9H11N5/c10-5-7-1-3-8(4-2-7)9-13-11-6-12-14-9/h1-3,6,8H,4-5,10H2. The average Bonchev–Trinajstić information content (AvgIpc) is 2.30. The van der Waals surface area contributed by atoms with Gasteiger partial charge in [0.05, 0.1) is 0 Å². The van der Waals surface area contributed by atoms with Crippen molar-refractivity contribution in [1.82, 2.24) is 20.4 Å². The summed E-state index contributed by atoms with van der Waals surface area (Å²) in [5.41, 5.74) is 6.66. The van der Waals surface area contributed by atoms with E-state index >= 15 is 0 Å². The molecule has 0 bridgehead atoms. The number of allylic oxidation sites excluding steroid dienone is 2. The second-order valence-electron chi connectivity index (χ2n) is 3.09. The predicted octanol–water partition coefficient (Wildman–Crippen LogP) is 0.195. The van der Waals surface area contributed by atoms with Crippen molar-refractivity contribution in [1.29, 1.82) is 0 Å². The zero-order chi connectivity index (χ0) is 9.80. The summed E-state index contributed by atoms with van der Waals surface area (Å²) < 4.78 is 0. The monoisotopic (exact) mass is 189 g/mol. The third-order valence-corrected chi connectivity index (χ3v) is 2.17. The molecule has 14 heavy (non-hydrogen) atoms. The summed E-state index contributed by atoms with van der Waals surface area (Å²) in [6.07, 6.45) is 8.35. The van der Waals surface area contributed by atoms with Crippen molar-refractivity contribution in [3.8, 4) is 0 Å². The highest BCUT2D eigenvalue weighted by Gasteiger charge is 2.13. The van der Waals surface area contributed by atoms with Gasteiger partial charge in [0, 0.05) is 12.5 Å². The van der Waals surface area contributed by atoms with Gasteiger partial charge >= 0.3 is 0 Å². The fourth-order valence-electron chi connectivity index (χ4n) is 1.37. The smallest absolute Gasteiger partial charge is 0.180 e. The minimum absolute atomic E-state index is 0.187. The molecule has 1 aliphatic carbocycles. The van der Waals surface area contributed by atoms with Gasteiger partial charge in [0.1, 0.15) is 0 Å². The third kappa shape index (κ3) is 1.82. The fourth-order valence-corrected chi connectivity index (χ4v) is 1.37. The summed E-state index contributed by atoms with van der Waals surface area (Å²) in [6, 6.07) is 0. The van der Waals surface area contributed by atoms with Crippen LogP contribution in [0, 0.1) is 0 Å². The topological polar surface area (TPSA) is 77.6 Å². The molecule has 0 saturated carbocycles. The average molecular weight is 189 g/mol. The first-order valence-corrected chi connectivity index (χ1v) is 4.47. The highest BCUT2D eigenvalue weighted by Crippen LogP contribution is 2.22. The maximum atomic E-state index is 5.51. The van der Waals surface area contributed by atoms with Crippen LogP contribution in [0.15, 0.2) is 30.1 Å². The summed E-state index contributed by atoms with van der Waals surface area (Å²) in [6.45, 7) is 0.579. The minimum atomic E-state index is 0.187. The van der Waals surface area contributed by atoms with Crippen LogP contribution in [0.2, 0.25) is 0 Å². The lowest BCUT2D eigenvalue weighted by molar-refractivity contribution is 0.688. The lowest BCUT2D eigenvalue weighted by Crippen LogP contribution is -2.09. The Balaban J connectivity index is 2.11. The molecular weight excluding hydrogens is 178 g/mol. The van der Waals surface area contributed by atoms with Gasteiger partial charge < -0.3 is 5.73 Å². The molecule has 1 heterocycles. The molecule has 1 aromatic rings. The minimum Gasteiger partial charge on any atom is -0.327 e. The summed E-state index contributed by atoms with van der Waals surface area (Å²) in [4.78, 5) is 0. The molecule has 0 aliphatic heterocycles. The quantitative estimate of drug-likeness (QED) is 0.718. The van der Waals surface area contributed by atoms with Crippen LogP contribution >= 0.6 is 0 Å². The van der Waals surface area contributed by atoms with Crippen LogP contribution in [0.3, 0.4) is 0 Å². The normalized spacial score (nSPS) is 20.6. The van der Waals surface area contributed by atoms with Crippen molar-refractivity contribution in [2.45, 2.75) is 12.3 Å². The molecule has 0 radical (unpaired) electrons. The third-order valence-electron chi connectivity index (χ3n) is 2.17. The lowest BCUT2D eigenvalue weighted by Gasteiger charge is -2.12. The van der Waals surface area contributed by atoms with Gasteiger partial charge in [-0.3, -0.25) is 0 Å². The van der Waals surface area contributed by atoms with Crippen LogP contribution in [0.4, 0.5) is 0 Å². The molecule has 0 amide bonds. The van der Waals surface area contributed by atoms with Crippen molar-refractivity contribution >= 4 is 0 Å². The second-order valence-corrected chi connectivity index (χ2v) is 3.09. The molecule has 5 nitrogen and oxygen atoms in total. The van der Waals surface area contributed by atoms with E-state index in [0.717, 1.165) is 12.0 Å². The first kappa shape index (κ1) is 8.96. The van der Waals surface area contributed by atoms with E-state index in [9.17, 15) is 0 Å². The number of rotatable bonds is 2. The first-order chi connectivity index (χ1) is 6.90. The molecule has 5 heteroatoms. The molecule has 0 aromatic carbocycles. The Bertz CT molecular complexity index is 357. The Morgan fingerprint density at radius 1 is 1.36 bits per heavy atom. The Hall–Kier alpha value is -1.62. The van der Waals surface area contributed by atoms with Gasteiger partial charge in [0.2, 0.25) is 0 Å². The van der Waals surface area contributed by atoms with Crippen LogP contribution in [-0.2, 0) is 0 Å². The summed E-state index contributed by atoms with van der Waals surface area (Å²) in [7, 11) is 0. The van der Waals surface area contributed by atoms with E-state index in [0.29, 0.717) is 12.4 Å². The van der Waals surface area contributed by atoms with Crippen molar-refractivity contribution in [3.63, 3.8) is 0 Å². The van der Waals surface area contributed by atoms with E-state index in [1.807, 2.05) is 12.2 Å². The molecule has 1 aliphatic rings. The second kappa shape index (κ2) is 4.06. The summed E-state index contributed by atoms with van der Waals surface area (Å²) in [5.74, 6) is 0.850. The maximum Gasteiger partial charge on any atom is 0.180 e. The molecule has 2 rings (SSSR count). The summed E-state index contributed by atoms with van der Waals surface area (Å²) >= 11 is 0. The number of nitrogens with two attached hydrogens (primary N) is 1. The van der Waals surface area contributed by atoms with Crippen molar-refractivity contribution in [2.75, 3.05) is 6.54 Å². The van der Waals surface area contributed by atoms with Gasteiger partial charge in [0.25, 0.3) is 0 Å². The van der Waals surface area contributed by atoms with Crippen LogP contribution in [0.25, 0.3) is 0 Å². The SMILES string of the molecule is NCC1=CCC(c2nncnn2)C=C1. The largest absolute Gasteiger partial charge is 0.327 e. The lowest BCUT2D eigenvalue weighted by atomic mass is 9.96. The Labute approximate surface area is 81.8 Å². The van der Waals surface area contributed by atoms with Crippen LogP contribution in [-0.4, -0.2) is 26.9 Å². The van der Waals surface area contributed by atoms with E-state index in [1.54, 1.807) is 0 Å². The zero-order valence-electron chi connectivity index (χ0n) is 7.67. The van der Waals surface area contributed by atoms with Crippen molar-refractivity contribution < 1.29 is 0 Å². The molecule has 72 valence electrons. The van der Waals surface area contributed by atoms with Gasteiger partial charge in [-0.1, -0.05) is 18.2 Å². The molecule has 1 unspecified atom stereocenters. The van der Waals surface area contributed by atoms with Gasteiger partial charge in [-0.25, -0.2) is 0 Å². The van der Waals surface area contributed by atoms with E-state index in [-0.39, 0.29) is 5.92 Å². The van der Waals surface area contributed by atoms with E-state index in [1.165, 1.54) is 6.33 Å². The van der Waals surface area contributed by atoms with E-state index in [2.05, 4.69) is 26.5 Å². The van der Waals surface area contributed by atoms with Gasteiger partial charge in [0.15, 0.2) is 12.2 Å². The predicted molar refractivity (Wildman–Crippen MR) is 51.3 cm³/mol. The van der Waals surface area contributed by atoms with Crippen LogP contribution in [0.1, 0.15) is 18.2 Å². The number of nitrogens with zero attached hydrogens (tertiary/aromatic N) is 4. The number of hydrogen-bond donors (Lipinski definition) is 1. The highest BCUT2D eigenvalue weighted by molar-refractivity contribution is 5.28. The van der Waals surface area contributed by atoms with E-state index in [4.69, 9.17) is 5.73 Å². The Morgan fingerprint density at radius 3 is 2.71 bits per heavy atom. The maximum absolute atomic E-state index is 5.51. The molecule has 0 fully saturated rings. The Kier molecular flexibility index (Phi) is 2.60.